The highest BCUT2D eigenvalue weighted by atomic mass is 35.5. The standard InChI is InChI=1S/C9H8ClN3/c10-9-12-7(5-11)4-8(13-9)6-2-1-3-6/h4,6H,1-3H2. The summed E-state index contributed by atoms with van der Waals surface area (Å²) in [6.45, 7) is 0. The van der Waals surface area contributed by atoms with E-state index < -0.39 is 0 Å². The molecule has 0 amide bonds. The summed E-state index contributed by atoms with van der Waals surface area (Å²) in [5, 5.41) is 8.84. The molecule has 0 atom stereocenters. The molecule has 0 N–H and O–H groups in total. The molecule has 1 aromatic rings. The first-order valence-corrected chi connectivity index (χ1v) is 4.62. The number of rotatable bonds is 1. The van der Waals surface area contributed by atoms with Crippen LogP contribution in [0.4, 0.5) is 0 Å². The number of aromatic nitrogens is 2. The Labute approximate surface area is 81.4 Å². The summed E-state index contributed by atoms with van der Waals surface area (Å²) in [6, 6.07) is 3.71. The van der Waals surface area contributed by atoms with Crippen LogP contribution in [0.3, 0.4) is 0 Å². The van der Waals surface area contributed by atoms with Gasteiger partial charge in [0.25, 0.3) is 0 Å². The molecule has 66 valence electrons. The summed E-state index contributed by atoms with van der Waals surface area (Å²) >= 11 is 5.68. The summed E-state index contributed by atoms with van der Waals surface area (Å²) in [7, 11) is 0. The topological polar surface area (TPSA) is 49.6 Å². The summed E-state index contributed by atoms with van der Waals surface area (Å²) in [5.41, 5.74) is 1.28. The maximum absolute atomic E-state index is 8.66. The number of nitriles is 1. The number of nitrogens with zero attached hydrogens (tertiary/aromatic N) is 3. The fraction of sp³-hybridized carbons (Fsp3) is 0.444. The van der Waals surface area contributed by atoms with Crippen molar-refractivity contribution in [1.29, 1.82) is 5.26 Å². The lowest BCUT2D eigenvalue weighted by Gasteiger charge is -2.24. The highest BCUT2D eigenvalue weighted by Gasteiger charge is 2.21. The fourth-order valence-corrected chi connectivity index (χ4v) is 1.59. The van der Waals surface area contributed by atoms with E-state index in [9.17, 15) is 0 Å². The first-order valence-electron chi connectivity index (χ1n) is 4.24. The molecule has 2 rings (SSSR count). The van der Waals surface area contributed by atoms with Crippen molar-refractivity contribution in [2.45, 2.75) is 25.2 Å². The molecule has 1 saturated carbocycles. The number of halogens is 1. The molecule has 1 heterocycles. The smallest absolute Gasteiger partial charge is 0.223 e. The third kappa shape index (κ3) is 1.63. The lowest BCUT2D eigenvalue weighted by molar-refractivity contribution is 0.410. The van der Waals surface area contributed by atoms with Crippen LogP contribution >= 0.6 is 11.6 Å². The van der Waals surface area contributed by atoms with E-state index in [1.165, 1.54) is 6.42 Å². The van der Waals surface area contributed by atoms with Gasteiger partial charge in [0, 0.05) is 11.6 Å². The van der Waals surface area contributed by atoms with Crippen molar-refractivity contribution in [3.05, 3.63) is 22.7 Å². The largest absolute Gasteiger partial charge is 0.223 e. The molecular formula is C9H8ClN3. The Morgan fingerprint density at radius 3 is 2.77 bits per heavy atom. The predicted octanol–water partition coefficient (Wildman–Crippen LogP) is 2.27. The molecule has 0 bridgehead atoms. The minimum absolute atomic E-state index is 0.181. The van der Waals surface area contributed by atoms with Gasteiger partial charge in [0.05, 0.1) is 0 Å². The molecule has 0 saturated heterocycles. The summed E-state index contributed by atoms with van der Waals surface area (Å²) in [5.74, 6) is 0.493. The Hall–Kier alpha value is -1.14. The van der Waals surface area contributed by atoms with Gasteiger partial charge >= 0.3 is 0 Å². The first-order chi connectivity index (χ1) is 6.29. The maximum Gasteiger partial charge on any atom is 0.223 e. The molecule has 1 aliphatic rings. The predicted molar refractivity (Wildman–Crippen MR) is 48.3 cm³/mol. The van der Waals surface area contributed by atoms with E-state index in [2.05, 4.69) is 9.97 Å². The van der Waals surface area contributed by atoms with Crippen molar-refractivity contribution >= 4 is 11.6 Å². The molecule has 0 unspecified atom stereocenters. The monoisotopic (exact) mass is 193 g/mol. The van der Waals surface area contributed by atoms with Crippen LogP contribution < -0.4 is 0 Å². The molecule has 0 aromatic carbocycles. The van der Waals surface area contributed by atoms with Gasteiger partial charge in [-0.3, -0.25) is 0 Å². The third-order valence-electron chi connectivity index (χ3n) is 2.36. The van der Waals surface area contributed by atoms with E-state index in [4.69, 9.17) is 16.9 Å². The van der Waals surface area contributed by atoms with Crippen LogP contribution in [-0.2, 0) is 0 Å². The molecule has 3 nitrogen and oxygen atoms in total. The van der Waals surface area contributed by atoms with Gasteiger partial charge in [-0.15, -0.1) is 0 Å². The Bertz CT molecular complexity index is 366. The van der Waals surface area contributed by atoms with Gasteiger partial charge in [-0.2, -0.15) is 5.26 Å². The average Bonchev–Trinajstić information content (AvgIpc) is 2.00. The van der Waals surface area contributed by atoms with Crippen molar-refractivity contribution in [2.24, 2.45) is 0 Å². The molecule has 13 heavy (non-hydrogen) atoms. The highest BCUT2D eigenvalue weighted by molar-refractivity contribution is 6.28. The Kier molecular flexibility index (Phi) is 2.15. The molecule has 1 aliphatic carbocycles. The van der Waals surface area contributed by atoms with Crippen molar-refractivity contribution < 1.29 is 0 Å². The highest BCUT2D eigenvalue weighted by Crippen LogP contribution is 2.35. The van der Waals surface area contributed by atoms with Gasteiger partial charge in [0.1, 0.15) is 11.8 Å². The van der Waals surface area contributed by atoms with E-state index >= 15 is 0 Å². The van der Waals surface area contributed by atoms with Gasteiger partial charge < -0.3 is 0 Å². The fourth-order valence-electron chi connectivity index (χ4n) is 1.41. The van der Waals surface area contributed by atoms with E-state index in [1.54, 1.807) is 6.07 Å². The zero-order valence-electron chi connectivity index (χ0n) is 7.00. The van der Waals surface area contributed by atoms with Crippen LogP contribution in [0, 0.1) is 11.3 Å². The van der Waals surface area contributed by atoms with Crippen LogP contribution in [0.2, 0.25) is 5.28 Å². The van der Waals surface area contributed by atoms with E-state index in [-0.39, 0.29) is 5.28 Å². The van der Waals surface area contributed by atoms with Crippen LogP contribution in [0.5, 0.6) is 0 Å². The second kappa shape index (κ2) is 3.31. The van der Waals surface area contributed by atoms with E-state index in [1.807, 2.05) is 6.07 Å². The van der Waals surface area contributed by atoms with Crippen molar-refractivity contribution in [3.63, 3.8) is 0 Å². The Morgan fingerprint density at radius 1 is 1.46 bits per heavy atom. The zero-order valence-corrected chi connectivity index (χ0v) is 7.75. The SMILES string of the molecule is N#Cc1cc(C2CCC2)nc(Cl)n1. The van der Waals surface area contributed by atoms with Crippen LogP contribution in [0.15, 0.2) is 6.07 Å². The molecule has 0 spiro atoms. The summed E-state index contributed by atoms with van der Waals surface area (Å²) in [4.78, 5) is 7.89. The Morgan fingerprint density at radius 2 is 2.23 bits per heavy atom. The maximum atomic E-state index is 8.66. The molecule has 1 aromatic heterocycles. The normalized spacial score (nSPS) is 16.3. The molecule has 0 aliphatic heterocycles. The lowest BCUT2D eigenvalue weighted by atomic mass is 9.83. The molecule has 0 radical (unpaired) electrons. The minimum Gasteiger partial charge on any atom is -0.223 e. The first kappa shape index (κ1) is 8.46. The minimum atomic E-state index is 0.181. The van der Waals surface area contributed by atoms with E-state index in [0.29, 0.717) is 11.6 Å². The van der Waals surface area contributed by atoms with Gasteiger partial charge in [-0.1, -0.05) is 6.42 Å². The van der Waals surface area contributed by atoms with Crippen molar-refractivity contribution in [3.8, 4) is 6.07 Å². The van der Waals surface area contributed by atoms with Gasteiger partial charge in [-0.05, 0) is 30.5 Å². The molecule has 4 heteroatoms. The van der Waals surface area contributed by atoms with E-state index in [0.717, 1.165) is 18.5 Å². The number of hydrogen-bond acceptors (Lipinski definition) is 3. The van der Waals surface area contributed by atoms with Crippen LogP contribution in [0.1, 0.15) is 36.6 Å². The zero-order chi connectivity index (χ0) is 9.26. The van der Waals surface area contributed by atoms with Crippen molar-refractivity contribution in [1.82, 2.24) is 9.97 Å². The Balaban J connectivity index is 2.35. The average molecular weight is 194 g/mol. The van der Waals surface area contributed by atoms with Gasteiger partial charge in [0.15, 0.2) is 0 Å². The van der Waals surface area contributed by atoms with Gasteiger partial charge in [-0.25, -0.2) is 9.97 Å². The summed E-state index contributed by atoms with van der Waals surface area (Å²) in [6.07, 6.45) is 3.55. The molecular weight excluding hydrogens is 186 g/mol. The van der Waals surface area contributed by atoms with Crippen LogP contribution in [-0.4, -0.2) is 9.97 Å². The molecule has 1 fully saturated rings. The lowest BCUT2D eigenvalue weighted by Crippen LogP contribution is -2.11. The van der Waals surface area contributed by atoms with Crippen LogP contribution in [0.25, 0.3) is 0 Å². The summed E-state index contributed by atoms with van der Waals surface area (Å²) < 4.78 is 0. The second-order valence-corrected chi connectivity index (χ2v) is 3.52. The quantitative estimate of drug-likeness (QED) is 0.643. The van der Waals surface area contributed by atoms with Gasteiger partial charge in [0.2, 0.25) is 5.28 Å². The second-order valence-electron chi connectivity index (χ2n) is 3.19. The van der Waals surface area contributed by atoms with Crippen molar-refractivity contribution in [2.75, 3.05) is 0 Å². The number of hydrogen-bond donors (Lipinski definition) is 0. The third-order valence-corrected chi connectivity index (χ3v) is 2.53.